The fourth-order valence-electron chi connectivity index (χ4n) is 1.54. The van der Waals surface area contributed by atoms with Gasteiger partial charge in [0.25, 0.3) is 0 Å². The van der Waals surface area contributed by atoms with Crippen LogP contribution in [0.15, 0.2) is 48.5 Å². The van der Waals surface area contributed by atoms with E-state index in [1.54, 1.807) is 0 Å². The van der Waals surface area contributed by atoms with Crippen molar-refractivity contribution in [2.75, 3.05) is 0 Å². The van der Waals surface area contributed by atoms with Crippen molar-refractivity contribution in [2.24, 2.45) is 0 Å². The first kappa shape index (κ1) is 10.7. The topological polar surface area (TPSA) is 9.23 Å². The fourth-order valence-corrected chi connectivity index (χ4v) is 1.54. The number of hydrogen-bond donors (Lipinski definition) is 0. The summed E-state index contributed by atoms with van der Waals surface area (Å²) in [6.45, 7) is 6.54. The molecule has 0 heterocycles. The van der Waals surface area contributed by atoms with E-state index in [2.05, 4.69) is 19.1 Å². The van der Waals surface area contributed by atoms with Crippen LogP contribution in [0, 0.1) is 13.8 Å². The maximum atomic E-state index is 5.76. The molecule has 0 aliphatic rings. The van der Waals surface area contributed by atoms with Crippen LogP contribution in [-0.2, 0) is 6.61 Å². The Labute approximate surface area is 96.7 Å². The maximum Gasteiger partial charge on any atom is 0.122 e. The van der Waals surface area contributed by atoms with E-state index in [9.17, 15) is 0 Å². The summed E-state index contributed by atoms with van der Waals surface area (Å²) in [5.74, 6) is 0.913. The summed E-state index contributed by atoms with van der Waals surface area (Å²) in [5.41, 5.74) is 3.30. The molecule has 2 rings (SSSR count). The fraction of sp³-hybridized carbons (Fsp3) is 0.133. The molecule has 1 radical (unpaired) electrons. The van der Waals surface area contributed by atoms with Crippen molar-refractivity contribution in [3.05, 3.63) is 72.1 Å². The van der Waals surface area contributed by atoms with Crippen LogP contribution in [0.3, 0.4) is 0 Å². The number of aryl methyl sites for hydroxylation is 1. The van der Waals surface area contributed by atoms with Crippen molar-refractivity contribution < 1.29 is 4.74 Å². The molecule has 0 N–H and O–H groups in total. The van der Waals surface area contributed by atoms with Gasteiger partial charge in [-0.1, -0.05) is 42.5 Å². The predicted octanol–water partition coefficient (Wildman–Crippen LogP) is 3.76. The Bertz CT molecular complexity index is 460. The van der Waals surface area contributed by atoms with Gasteiger partial charge in [-0.15, -0.1) is 0 Å². The van der Waals surface area contributed by atoms with Crippen molar-refractivity contribution in [3.63, 3.8) is 0 Å². The molecule has 0 saturated heterocycles. The molecule has 0 saturated carbocycles. The van der Waals surface area contributed by atoms with Crippen LogP contribution in [0.2, 0.25) is 0 Å². The molecule has 0 unspecified atom stereocenters. The van der Waals surface area contributed by atoms with Crippen LogP contribution in [0.4, 0.5) is 0 Å². The Balaban J connectivity index is 2.08. The van der Waals surface area contributed by atoms with Gasteiger partial charge in [-0.2, -0.15) is 0 Å². The third kappa shape index (κ3) is 2.63. The second-order valence-electron chi connectivity index (χ2n) is 3.87. The Morgan fingerprint density at radius 2 is 1.81 bits per heavy atom. The van der Waals surface area contributed by atoms with E-state index >= 15 is 0 Å². The number of hydrogen-bond acceptors (Lipinski definition) is 1. The number of rotatable bonds is 3. The molecular formula is C15H15O. The summed E-state index contributed by atoms with van der Waals surface area (Å²) in [4.78, 5) is 0. The molecule has 0 fully saturated rings. The van der Waals surface area contributed by atoms with E-state index in [-0.39, 0.29) is 0 Å². The molecule has 0 bridgehead atoms. The zero-order chi connectivity index (χ0) is 11.4. The molecule has 16 heavy (non-hydrogen) atoms. The van der Waals surface area contributed by atoms with Gasteiger partial charge in [0.2, 0.25) is 0 Å². The highest BCUT2D eigenvalue weighted by molar-refractivity contribution is 5.37. The monoisotopic (exact) mass is 211 g/mol. The molecule has 0 aromatic heterocycles. The highest BCUT2D eigenvalue weighted by Gasteiger charge is 2.00. The van der Waals surface area contributed by atoms with Crippen LogP contribution in [0.25, 0.3) is 0 Å². The van der Waals surface area contributed by atoms with Crippen LogP contribution >= 0.6 is 0 Å². The lowest BCUT2D eigenvalue weighted by atomic mass is 10.1. The summed E-state index contributed by atoms with van der Waals surface area (Å²) in [6.07, 6.45) is 0. The van der Waals surface area contributed by atoms with Gasteiger partial charge in [0, 0.05) is 0 Å². The summed E-state index contributed by atoms with van der Waals surface area (Å²) >= 11 is 0. The van der Waals surface area contributed by atoms with E-state index in [4.69, 9.17) is 4.74 Å². The first-order chi connectivity index (χ1) is 7.75. The van der Waals surface area contributed by atoms with Crippen molar-refractivity contribution >= 4 is 0 Å². The normalized spacial score (nSPS) is 10.1. The van der Waals surface area contributed by atoms with Crippen molar-refractivity contribution in [1.82, 2.24) is 0 Å². The van der Waals surface area contributed by atoms with E-state index in [0.717, 1.165) is 16.9 Å². The molecule has 0 amide bonds. The van der Waals surface area contributed by atoms with Gasteiger partial charge in [0.05, 0.1) is 0 Å². The van der Waals surface area contributed by atoms with Gasteiger partial charge >= 0.3 is 0 Å². The quantitative estimate of drug-likeness (QED) is 0.751. The lowest BCUT2D eigenvalue weighted by Crippen LogP contribution is -1.96. The molecule has 0 spiro atoms. The van der Waals surface area contributed by atoms with Gasteiger partial charge in [-0.3, -0.25) is 0 Å². The minimum absolute atomic E-state index is 0.602. The minimum atomic E-state index is 0.602. The standard InChI is InChI=1S/C15H15O/c1-12-8-9-13(2)15(10-12)16-11-14-6-4-3-5-7-14/h3-10H,1,11H2,2H3. The van der Waals surface area contributed by atoms with Gasteiger partial charge in [0.15, 0.2) is 0 Å². The van der Waals surface area contributed by atoms with Crippen molar-refractivity contribution in [2.45, 2.75) is 13.5 Å². The SMILES string of the molecule is [CH2]c1ccc(C)c(OCc2ccccc2)c1. The average Bonchev–Trinajstić information content (AvgIpc) is 2.32. The van der Waals surface area contributed by atoms with Crippen LogP contribution < -0.4 is 4.74 Å². The highest BCUT2D eigenvalue weighted by Crippen LogP contribution is 2.20. The third-order valence-electron chi connectivity index (χ3n) is 2.49. The predicted molar refractivity (Wildman–Crippen MR) is 66.4 cm³/mol. The maximum absolute atomic E-state index is 5.76. The Hall–Kier alpha value is -1.76. The first-order valence-electron chi connectivity index (χ1n) is 5.35. The van der Waals surface area contributed by atoms with Crippen LogP contribution in [-0.4, -0.2) is 0 Å². The summed E-state index contributed by atoms with van der Waals surface area (Å²) in [5, 5.41) is 0. The number of ether oxygens (including phenoxy) is 1. The van der Waals surface area contributed by atoms with Crippen LogP contribution in [0.5, 0.6) is 5.75 Å². The van der Waals surface area contributed by atoms with Crippen molar-refractivity contribution in [1.29, 1.82) is 0 Å². The highest BCUT2D eigenvalue weighted by atomic mass is 16.5. The first-order valence-corrected chi connectivity index (χ1v) is 5.35. The zero-order valence-corrected chi connectivity index (χ0v) is 9.44. The zero-order valence-electron chi connectivity index (χ0n) is 9.44. The second-order valence-corrected chi connectivity index (χ2v) is 3.87. The molecule has 0 aliphatic heterocycles. The van der Waals surface area contributed by atoms with Gasteiger partial charge in [0.1, 0.15) is 12.4 Å². The third-order valence-corrected chi connectivity index (χ3v) is 2.49. The molecule has 0 aliphatic carbocycles. The Morgan fingerprint density at radius 1 is 1.06 bits per heavy atom. The molecule has 2 aromatic carbocycles. The van der Waals surface area contributed by atoms with E-state index in [0.29, 0.717) is 6.61 Å². The van der Waals surface area contributed by atoms with E-state index < -0.39 is 0 Å². The van der Waals surface area contributed by atoms with Crippen LogP contribution in [0.1, 0.15) is 16.7 Å². The van der Waals surface area contributed by atoms with E-state index in [1.807, 2.05) is 43.3 Å². The summed E-state index contributed by atoms with van der Waals surface area (Å²) in [6, 6.07) is 16.1. The lowest BCUT2D eigenvalue weighted by Gasteiger charge is -2.09. The molecule has 1 nitrogen and oxygen atoms in total. The molecule has 1 heteroatoms. The van der Waals surface area contributed by atoms with E-state index in [1.165, 1.54) is 5.56 Å². The van der Waals surface area contributed by atoms with Gasteiger partial charge in [-0.25, -0.2) is 0 Å². The summed E-state index contributed by atoms with van der Waals surface area (Å²) in [7, 11) is 0. The number of benzene rings is 2. The smallest absolute Gasteiger partial charge is 0.122 e. The molecule has 81 valence electrons. The summed E-state index contributed by atoms with van der Waals surface area (Å²) < 4.78 is 5.76. The molecular weight excluding hydrogens is 196 g/mol. The lowest BCUT2D eigenvalue weighted by molar-refractivity contribution is 0.304. The Morgan fingerprint density at radius 3 is 2.56 bits per heavy atom. The average molecular weight is 211 g/mol. The van der Waals surface area contributed by atoms with Crippen molar-refractivity contribution in [3.8, 4) is 5.75 Å². The van der Waals surface area contributed by atoms with Gasteiger partial charge < -0.3 is 4.74 Å². The largest absolute Gasteiger partial charge is 0.489 e. The molecule has 2 aromatic rings. The van der Waals surface area contributed by atoms with Gasteiger partial charge in [-0.05, 0) is 36.6 Å². The second kappa shape index (κ2) is 4.84. The molecule has 0 atom stereocenters. The minimum Gasteiger partial charge on any atom is -0.489 e. The Kier molecular flexibility index (Phi) is 3.25.